The summed E-state index contributed by atoms with van der Waals surface area (Å²) in [6.45, 7) is 4.29. The fourth-order valence-corrected chi connectivity index (χ4v) is 2.53. The van der Waals surface area contributed by atoms with Gasteiger partial charge in [0.2, 0.25) is 0 Å². The van der Waals surface area contributed by atoms with Crippen molar-refractivity contribution in [1.82, 2.24) is 0 Å². The lowest BCUT2D eigenvalue weighted by Crippen LogP contribution is -2.19. The number of rotatable bonds is 3. The quantitative estimate of drug-likeness (QED) is 0.699. The Labute approximate surface area is 137 Å². The number of hydrogen-bond donors (Lipinski definition) is 2. The largest absolute Gasteiger partial charge is 0.332 e. The van der Waals surface area contributed by atoms with Crippen LogP contribution in [0.1, 0.15) is 25.3 Å². The molecule has 0 radical (unpaired) electrons. The molecule has 0 spiro atoms. The predicted octanol–water partition coefficient (Wildman–Crippen LogP) is 5.52. The van der Waals surface area contributed by atoms with Crippen molar-refractivity contribution in [2.45, 2.75) is 19.8 Å². The molecule has 0 aliphatic carbocycles. The topological polar surface area (TPSA) is 24.1 Å². The van der Waals surface area contributed by atoms with Gasteiger partial charge in [-0.15, -0.1) is 0 Å². The van der Waals surface area contributed by atoms with Crippen molar-refractivity contribution < 1.29 is 4.39 Å². The number of halogens is 2. The second kappa shape index (κ2) is 7.00. The molecule has 0 heterocycles. The van der Waals surface area contributed by atoms with Gasteiger partial charge >= 0.3 is 0 Å². The molecular weight excluding hydrogens is 351 g/mol. The zero-order valence-electron chi connectivity index (χ0n) is 11.8. The summed E-state index contributed by atoms with van der Waals surface area (Å²) in [5.41, 5.74) is 2.89. The van der Waals surface area contributed by atoms with Crippen molar-refractivity contribution in [2.75, 3.05) is 10.6 Å². The highest BCUT2D eigenvalue weighted by Gasteiger charge is 2.05. The van der Waals surface area contributed by atoms with Gasteiger partial charge in [0, 0.05) is 10.2 Å². The Kier molecular flexibility index (Phi) is 5.31. The molecule has 0 bridgehead atoms. The molecule has 0 atom stereocenters. The Balaban J connectivity index is 2.06. The van der Waals surface area contributed by atoms with Crippen molar-refractivity contribution in [1.29, 1.82) is 0 Å². The fraction of sp³-hybridized carbons (Fsp3) is 0.188. The van der Waals surface area contributed by atoms with E-state index in [0.717, 1.165) is 5.69 Å². The summed E-state index contributed by atoms with van der Waals surface area (Å²) in [6, 6.07) is 12.5. The van der Waals surface area contributed by atoms with Crippen LogP contribution in [0.5, 0.6) is 0 Å². The first-order valence-corrected chi connectivity index (χ1v) is 7.79. The van der Waals surface area contributed by atoms with Crippen LogP contribution in [0.3, 0.4) is 0 Å². The monoisotopic (exact) mass is 366 g/mol. The molecule has 5 heteroatoms. The lowest BCUT2D eigenvalue weighted by Gasteiger charge is -2.13. The van der Waals surface area contributed by atoms with Crippen LogP contribution in [0.2, 0.25) is 0 Å². The van der Waals surface area contributed by atoms with Gasteiger partial charge in [-0.3, -0.25) is 0 Å². The summed E-state index contributed by atoms with van der Waals surface area (Å²) in [7, 11) is 0. The zero-order chi connectivity index (χ0) is 15.4. The molecule has 0 fully saturated rings. The van der Waals surface area contributed by atoms with E-state index in [4.69, 9.17) is 12.2 Å². The van der Waals surface area contributed by atoms with E-state index in [1.54, 1.807) is 6.07 Å². The van der Waals surface area contributed by atoms with E-state index in [0.29, 0.717) is 21.2 Å². The first-order chi connectivity index (χ1) is 9.95. The van der Waals surface area contributed by atoms with E-state index >= 15 is 0 Å². The number of hydrogen-bond acceptors (Lipinski definition) is 1. The van der Waals surface area contributed by atoms with E-state index in [1.165, 1.54) is 17.7 Å². The van der Waals surface area contributed by atoms with E-state index in [-0.39, 0.29) is 5.82 Å². The van der Waals surface area contributed by atoms with Crippen molar-refractivity contribution in [3.8, 4) is 0 Å². The average Bonchev–Trinajstić information content (AvgIpc) is 2.42. The molecule has 110 valence electrons. The van der Waals surface area contributed by atoms with Crippen LogP contribution in [0.25, 0.3) is 0 Å². The van der Waals surface area contributed by atoms with Crippen molar-refractivity contribution >= 4 is 44.6 Å². The SMILES string of the molecule is CC(C)c1cccc(NC(=S)Nc2ccc(F)cc2Br)c1. The zero-order valence-corrected chi connectivity index (χ0v) is 14.2. The van der Waals surface area contributed by atoms with Gasteiger partial charge in [-0.2, -0.15) is 0 Å². The van der Waals surface area contributed by atoms with Gasteiger partial charge in [-0.25, -0.2) is 4.39 Å². The maximum atomic E-state index is 13.0. The number of nitrogens with one attached hydrogen (secondary N) is 2. The predicted molar refractivity (Wildman–Crippen MR) is 94.5 cm³/mol. The van der Waals surface area contributed by atoms with Crippen LogP contribution < -0.4 is 10.6 Å². The highest BCUT2D eigenvalue weighted by atomic mass is 79.9. The Morgan fingerprint density at radius 1 is 1.14 bits per heavy atom. The normalized spacial score (nSPS) is 10.5. The molecule has 21 heavy (non-hydrogen) atoms. The van der Waals surface area contributed by atoms with Gasteiger partial charge < -0.3 is 10.6 Å². The Hall–Kier alpha value is -1.46. The van der Waals surface area contributed by atoms with Crippen molar-refractivity contribution in [3.63, 3.8) is 0 Å². The minimum atomic E-state index is -0.295. The summed E-state index contributed by atoms with van der Waals surface area (Å²) in [6.07, 6.45) is 0. The molecule has 0 amide bonds. The molecular formula is C16H16BrFN2S. The summed E-state index contributed by atoms with van der Waals surface area (Å²) < 4.78 is 13.7. The first-order valence-electron chi connectivity index (χ1n) is 6.58. The van der Waals surface area contributed by atoms with Crippen LogP contribution in [-0.2, 0) is 0 Å². The molecule has 0 unspecified atom stereocenters. The van der Waals surface area contributed by atoms with Crippen LogP contribution in [0.4, 0.5) is 15.8 Å². The van der Waals surface area contributed by atoms with E-state index in [2.05, 4.69) is 52.5 Å². The average molecular weight is 367 g/mol. The minimum Gasteiger partial charge on any atom is -0.332 e. The molecule has 2 nitrogen and oxygen atoms in total. The number of anilines is 2. The third-order valence-electron chi connectivity index (χ3n) is 2.99. The highest BCUT2D eigenvalue weighted by Crippen LogP contribution is 2.24. The standard InChI is InChI=1S/C16H16BrFN2S/c1-10(2)11-4-3-5-13(8-11)19-16(21)20-15-7-6-12(18)9-14(15)17/h3-10H,1-2H3,(H2,19,20,21). The molecule has 2 N–H and O–H groups in total. The molecule has 0 aromatic heterocycles. The second-order valence-corrected chi connectivity index (χ2v) is 6.25. The van der Waals surface area contributed by atoms with E-state index in [9.17, 15) is 4.39 Å². The number of benzene rings is 2. The molecule has 2 rings (SSSR count). The van der Waals surface area contributed by atoms with E-state index < -0.39 is 0 Å². The van der Waals surface area contributed by atoms with E-state index in [1.807, 2.05) is 12.1 Å². The van der Waals surface area contributed by atoms with Gasteiger partial charge in [0.1, 0.15) is 5.82 Å². The lowest BCUT2D eigenvalue weighted by molar-refractivity contribution is 0.627. The lowest BCUT2D eigenvalue weighted by atomic mass is 10.0. The van der Waals surface area contributed by atoms with Crippen molar-refractivity contribution in [2.24, 2.45) is 0 Å². The van der Waals surface area contributed by atoms with Gasteiger partial charge in [-0.1, -0.05) is 26.0 Å². The van der Waals surface area contributed by atoms with Gasteiger partial charge in [0.05, 0.1) is 5.69 Å². The smallest absolute Gasteiger partial charge is 0.175 e. The number of thiocarbonyl (C=S) groups is 1. The third kappa shape index (κ3) is 4.51. The molecule has 2 aromatic rings. The molecule has 0 aliphatic heterocycles. The minimum absolute atomic E-state index is 0.295. The molecule has 0 aliphatic rings. The van der Waals surface area contributed by atoms with Crippen LogP contribution in [0.15, 0.2) is 46.9 Å². The maximum Gasteiger partial charge on any atom is 0.175 e. The summed E-state index contributed by atoms with van der Waals surface area (Å²) in [5.74, 6) is 0.162. The molecule has 0 saturated carbocycles. The fourth-order valence-electron chi connectivity index (χ4n) is 1.85. The van der Waals surface area contributed by atoms with Gasteiger partial charge in [0.25, 0.3) is 0 Å². The van der Waals surface area contributed by atoms with Gasteiger partial charge in [0.15, 0.2) is 5.11 Å². The Morgan fingerprint density at radius 2 is 1.90 bits per heavy atom. The summed E-state index contributed by atoms with van der Waals surface area (Å²) in [4.78, 5) is 0. The first kappa shape index (κ1) is 15.9. The third-order valence-corrected chi connectivity index (χ3v) is 3.85. The highest BCUT2D eigenvalue weighted by molar-refractivity contribution is 9.10. The van der Waals surface area contributed by atoms with Gasteiger partial charge in [-0.05, 0) is 70.0 Å². The van der Waals surface area contributed by atoms with Crippen LogP contribution in [-0.4, -0.2) is 5.11 Å². The molecule has 2 aromatic carbocycles. The Morgan fingerprint density at radius 3 is 2.57 bits per heavy atom. The van der Waals surface area contributed by atoms with Crippen LogP contribution in [0, 0.1) is 5.82 Å². The van der Waals surface area contributed by atoms with Crippen LogP contribution >= 0.6 is 28.1 Å². The second-order valence-electron chi connectivity index (χ2n) is 4.98. The maximum absolute atomic E-state index is 13.0. The Bertz CT molecular complexity index is 658. The molecule has 0 saturated heterocycles. The summed E-state index contributed by atoms with van der Waals surface area (Å²) >= 11 is 8.58. The van der Waals surface area contributed by atoms with Crippen molar-refractivity contribution in [3.05, 3.63) is 58.3 Å². The summed E-state index contributed by atoms with van der Waals surface area (Å²) in [5, 5.41) is 6.64.